The standard InChI is InChI=1S/C15H22ClNO2/c1-11(2)8-13(15(18)19)10-17-7-6-12-4-3-5-14(16)9-12/h3-5,9,11,13,17H,6-8,10H2,1-2H3,(H,18,19). The smallest absolute Gasteiger partial charge is 0.307 e. The second-order valence-corrected chi connectivity index (χ2v) is 5.69. The molecule has 3 nitrogen and oxygen atoms in total. The Morgan fingerprint density at radius 2 is 2.16 bits per heavy atom. The summed E-state index contributed by atoms with van der Waals surface area (Å²) in [4.78, 5) is 11.1. The van der Waals surface area contributed by atoms with Crippen LogP contribution in [0, 0.1) is 11.8 Å². The van der Waals surface area contributed by atoms with Gasteiger partial charge in [-0.3, -0.25) is 4.79 Å². The van der Waals surface area contributed by atoms with Crippen LogP contribution in [0.3, 0.4) is 0 Å². The predicted molar refractivity (Wildman–Crippen MR) is 78.6 cm³/mol. The first kappa shape index (κ1) is 16.0. The summed E-state index contributed by atoms with van der Waals surface area (Å²) in [5.74, 6) is -0.626. The second-order valence-electron chi connectivity index (χ2n) is 5.25. The number of carbonyl (C=O) groups is 1. The molecule has 1 aromatic rings. The molecule has 1 unspecified atom stereocenters. The molecule has 0 heterocycles. The van der Waals surface area contributed by atoms with E-state index in [1.54, 1.807) is 0 Å². The van der Waals surface area contributed by atoms with Gasteiger partial charge in [-0.05, 0) is 43.0 Å². The monoisotopic (exact) mass is 283 g/mol. The number of hydrogen-bond donors (Lipinski definition) is 2. The zero-order chi connectivity index (χ0) is 14.3. The summed E-state index contributed by atoms with van der Waals surface area (Å²) in [6, 6.07) is 7.74. The van der Waals surface area contributed by atoms with E-state index in [1.165, 1.54) is 0 Å². The molecule has 106 valence electrons. The highest BCUT2D eigenvalue weighted by Gasteiger charge is 2.17. The molecule has 2 N–H and O–H groups in total. The third kappa shape index (κ3) is 6.60. The Bertz CT molecular complexity index is 407. The third-order valence-electron chi connectivity index (χ3n) is 2.98. The molecule has 0 spiro atoms. The van der Waals surface area contributed by atoms with E-state index in [9.17, 15) is 4.79 Å². The Morgan fingerprint density at radius 3 is 2.74 bits per heavy atom. The lowest BCUT2D eigenvalue weighted by atomic mass is 9.97. The van der Waals surface area contributed by atoms with Gasteiger partial charge in [0, 0.05) is 11.6 Å². The molecular weight excluding hydrogens is 262 g/mol. The van der Waals surface area contributed by atoms with Crippen LogP contribution in [0.15, 0.2) is 24.3 Å². The lowest BCUT2D eigenvalue weighted by Gasteiger charge is -2.15. The lowest BCUT2D eigenvalue weighted by Crippen LogP contribution is -2.30. The van der Waals surface area contributed by atoms with Crippen molar-refractivity contribution in [3.8, 4) is 0 Å². The highest BCUT2D eigenvalue weighted by atomic mass is 35.5. The van der Waals surface area contributed by atoms with Crippen molar-refractivity contribution in [3.63, 3.8) is 0 Å². The number of carboxylic acids is 1. The van der Waals surface area contributed by atoms with Crippen LogP contribution in [0.25, 0.3) is 0 Å². The number of carboxylic acid groups (broad SMARTS) is 1. The fourth-order valence-corrected chi connectivity index (χ4v) is 2.25. The normalized spacial score (nSPS) is 12.6. The van der Waals surface area contributed by atoms with Crippen molar-refractivity contribution in [1.29, 1.82) is 0 Å². The second kappa shape index (κ2) is 8.18. The number of nitrogens with one attached hydrogen (secondary N) is 1. The van der Waals surface area contributed by atoms with Crippen molar-refractivity contribution < 1.29 is 9.90 Å². The van der Waals surface area contributed by atoms with Crippen LogP contribution in [0.1, 0.15) is 25.8 Å². The molecule has 1 aromatic carbocycles. The molecule has 0 aliphatic heterocycles. The molecule has 0 saturated heterocycles. The van der Waals surface area contributed by atoms with Crippen molar-refractivity contribution in [2.24, 2.45) is 11.8 Å². The number of benzene rings is 1. The largest absolute Gasteiger partial charge is 0.481 e. The van der Waals surface area contributed by atoms with Crippen LogP contribution in [-0.2, 0) is 11.2 Å². The van der Waals surface area contributed by atoms with E-state index < -0.39 is 5.97 Å². The quantitative estimate of drug-likeness (QED) is 0.720. The fourth-order valence-electron chi connectivity index (χ4n) is 2.04. The van der Waals surface area contributed by atoms with Crippen molar-refractivity contribution >= 4 is 17.6 Å². The number of rotatable bonds is 8. The Hall–Kier alpha value is -1.06. The van der Waals surface area contributed by atoms with Crippen LogP contribution >= 0.6 is 11.6 Å². The molecule has 0 amide bonds. The van der Waals surface area contributed by atoms with Crippen molar-refractivity contribution in [2.75, 3.05) is 13.1 Å². The first-order valence-electron chi connectivity index (χ1n) is 6.67. The Morgan fingerprint density at radius 1 is 1.42 bits per heavy atom. The van der Waals surface area contributed by atoms with Crippen LogP contribution in [0.2, 0.25) is 5.02 Å². The molecule has 19 heavy (non-hydrogen) atoms. The molecule has 4 heteroatoms. The Labute approximate surface area is 120 Å². The molecule has 0 fully saturated rings. The molecule has 0 bridgehead atoms. The maximum absolute atomic E-state index is 11.1. The molecule has 1 rings (SSSR count). The van der Waals surface area contributed by atoms with E-state index in [4.69, 9.17) is 16.7 Å². The summed E-state index contributed by atoms with van der Waals surface area (Å²) < 4.78 is 0. The summed E-state index contributed by atoms with van der Waals surface area (Å²) >= 11 is 5.91. The van der Waals surface area contributed by atoms with E-state index in [2.05, 4.69) is 5.32 Å². The summed E-state index contributed by atoms with van der Waals surface area (Å²) in [7, 11) is 0. The molecule has 0 saturated carbocycles. The van der Waals surface area contributed by atoms with Crippen molar-refractivity contribution in [3.05, 3.63) is 34.9 Å². The van der Waals surface area contributed by atoms with Gasteiger partial charge in [0.05, 0.1) is 5.92 Å². The van der Waals surface area contributed by atoms with E-state index in [1.807, 2.05) is 38.1 Å². The Balaban J connectivity index is 2.30. The Kier molecular flexibility index (Phi) is 6.89. The summed E-state index contributed by atoms with van der Waals surface area (Å²) in [6.45, 7) is 5.38. The minimum atomic E-state index is -0.719. The molecule has 0 radical (unpaired) electrons. The predicted octanol–water partition coefficient (Wildman–Crippen LogP) is 3.22. The average Bonchev–Trinajstić information content (AvgIpc) is 2.32. The molecular formula is C15H22ClNO2. The van der Waals surface area contributed by atoms with Gasteiger partial charge in [-0.25, -0.2) is 0 Å². The van der Waals surface area contributed by atoms with E-state index in [-0.39, 0.29) is 5.92 Å². The zero-order valence-corrected chi connectivity index (χ0v) is 12.3. The van der Waals surface area contributed by atoms with Gasteiger partial charge in [0.1, 0.15) is 0 Å². The van der Waals surface area contributed by atoms with Crippen LogP contribution < -0.4 is 5.32 Å². The van der Waals surface area contributed by atoms with Gasteiger partial charge in [-0.1, -0.05) is 37.6 Å². The summed E-state index contributed by atoms with van der Waals surface area (Å²) in [6.07, 6.45) is 1.56. The molecule has 0 aromatic heterocycles. The highest BCUT2D eigenvalue weighted by molar-refractivity contribution is 6.30. The third-order valence-corrected chi connectivity index (χ3v) is 3.21. The lowest BCUT2D eigenvalue weighted by molar-refractivity contribution is -0.142. The van der Waals surface area contributed by atoms with E-state index in [0.29, 0.717) is 18.9 Å². The number of aliphatic carboxylic acids is 1. The highest BCUT2D eigenvalue weighted by Crippen LogP contribution is 2.12. The first-order chi connectivity index (χ1) is 8.99. The first-order valence-corrected chi connectivity index (χ1v) is 7.04. The van der Waals surface area contributed by atoms with Gasteiger partial charge in [0.15, 0.2) is 0 Å². The molecule has 0 aliphatic carbocycles. The maximum atomic E-state index is 11.1. The van der Waals surface area contributed by atoms with Crippen molar-refractivity contribution in [2.45, 2.75) is 26.7 Å². The topological polar surface area (TPSA) is 49.3 Å². The minimum Gasteiger partial charge on any atom is -0.481 e. The van der Waals surface area contributed by atoms with E-state index >= 15 is 0 Å². The van der Waals surface area contributed by atoms with Gasteiger partial charge in [-0.15, -0.1) is 0 Å². The molecule has 0 aliphatic rings. The number of hydrogen-bond acceptors (Lipinski definition) is 2. The van der Waals surface area contributed by atoms with Crippen molar-refractivity contribution in [1.82, 2.24) is 5.32 Å². The summed E-state index contributed by atoms with van der Waals surface area (Å²) in [5, 5.41) is 13.1. The number of halogens is 1. The van der Waals surface area contributed by atoms with E-state index in [0.717, 1.165) is 23.6 Å². The minimum absolute atomic E-state index is 0.306. The fraction of sp³-hybridized carbons (Fsp3) is 0.533. The van der Waals surface area contributed by atoms with Crippen LogP contribution in [0.5, 0.6) is 0 Å². The van der Waals surface area contributed by atoms with Gasteiger partial charge in [-0.2, -0.15) is 0 Å². The van der Waals surface area contributed by atoms with Crippen LogP contribution in [-0.4, -0.2) is 24.2 Å². The molecule has 1 atom stereocenters. The van der Waals surface area contributed by atoms with Gasteiger partial charge < -0.3 is 10.4 Å². The van der Waals surface area contributed by atoms with Gasteiger partial charge in [0.2, 0.25) is 0 Å². The van der Waals surface area contributed by atoms with Gasteiger partial charge >= 0.3 is 5.97 Å². The summed E-state index contributed by atoms with van der Waals surface area (Å²) in [5.41, 5.74) is 1.16. The SMILES string of the molecule is CC(C)CC(CNCCc1cccc(Cl)c1)C(=O)O. The zero-order valence-electron chi connectivity index (χ0n) is 11.5. The van der Waals surface area contributed by atoms with Crippen LogP contribution in [0.4, 0.5) is 0 Å². The van der Waals surface area contributed by atoms with Gasteiger partial charge in [0.25, 0.3) is 0 Å². The maximum Gasteiger partial charge on any atom is 0.307 e. The average molecular weight is 284 g/mol.